The average Bonchev–Trinajstić information content (AvgIpc) is 2.31. The Morgan fingerprint density at radius 1 is 1.17 bits per heavy atom. The molecule has 0 rings (SSSR count). The predicted octanol–water partition coefficient (Wildman–Crippen LogP) is 2.81. The number of amides is 1. The summed E-state index contributed by atoms with van der Waals surface area (Å²) in [5, 5.41) is 0. The Kier molecular flexibility index (Phi) is 7.39. The lowest BCUT2D eigenvalue weighted by Crippen LogP contribution is -2.27. The van der Waals surface area contributed by atoms with Crippen LogP contribution in [0.5, 0.6) is 0 Å². The zero-order valence-corrected chi connectivity index (χ0v) is 11.2. The molecular weight excluding hydrogens is 240 g/mol. The van der Waals surface area contributed by atoms with Crippen molar-refractivity contribution in [3.63, 3.8) is 0 Å². The van der Waals surface area contributed by atoms with E-state index in [-0.39, 0.29) is 6.42 Å². The number of hydrogen-bond acceptors (Lipinski definition) is 2. The Balaban J connectivity index is 4.26. The maximum atomic E-state index is 13.3. The van der Waals surface area contributed by atoms with Gasteiger partial charge in [0.15, 0.2) is 0 Å². The highest BCUT2D eigenvalue weighted by atomic mass is 19.3. The summed E-state index contributed by atoms with van der Waals surface area (Å²) in [7, 11) is 2.91. The summed E-state index contributed by atoms with van der Waals surface area (Å²) in [6, 6.07) is 0. The van der Waals surface area contributed by atoms with E-state index in [4.69, 9.17) is 0 Å². The van der Waals surface area contributed by atoms with Gasteiger partial charge >= 0.3 is 5.92 Å². The van der Waals surface area contributed by atoms with E-state index in [9.17, 15) is 18.4 Å². The Bertz CT molecular complexity index is 312. The molecule has 0 aromatic carbocycles. The van der Waals surface area contributed by atoms with Crippen molar-refractivity contribution in [1.29, 1.82) is 0 Å². The first-order valence-electron chi connectivity index (χ1n) is 6.13. The van der Waals surface area contributed by atoms with E-state index >= 15 is 0 Å². The quantitative estimate of drug-likeness (QED) is 0.497. The number of ketones is 1. The molecule has 0 bridgehead atoms. The highest BCUT2D eigenvalue weighted by molar-refractivity contribution is 5.91. The van der Waals surface area contributed by atoms with Crippen LogP contribution in [0.3, 0.4) is 0 Å². The molecule has 18 heavy (non-hydrogen) atoms. The first kappa shape index (κ1) is 16.7. The van der Waals surface area contributed by atoms with E-state index in [0.717, 1.165) is 30.2 Å². The van der Waals surface area contributed by atoms with Crippen LogP contribution in [0.4, 0.5) is 8.78 Å². The van der Waals surface area contributed by atoms with Crippen LogP contribution in [0.1, 0.15) is 39.0 Å². The third-order valence-corrected chi connectivity index (χ3v) is 2.51. The summed E-state index contributed by atoms with van der Waals surface area (Å²) in [5.74, 6) is -5.23. The Morgan fingerprint density at radius 3 is 2.28 bits per heavy atom. The highest BCUT2D eigenvalue weighted by Gasteiger charge is 2.34. The van der Waals surface area contributed by atoms with Crippen molar-refractivity contribution in [2.75, 3.05) is 14.1 Å². The van der Waals surface area contributed by atoms with Crippen molar-refractivity contribution >= 4 is 11.7 Å². The second-order valence-electron chi connectivity index (χ2n) is 4.42. The van der Waals surface area contributed by atoms with Crippen LogP contribution in [-0.2, 0) is 9.59 Å². The van der Waals surface area contributed by atoms with Crippen LogP contribution in [0.15, 0.2) is 12.2 Å². The first-order valence-corrected chi connectivity index (χ1v) is 6.13. The van der Waals surface area contributed by atoms with Gasteiger partial charge in [-0.15, -0.1) is 0 Å². The smallest absolute Gasteiger partial charge is 0.324 e. The number of unbranched alkanes of at least 4 members (excludes halogenated alkanes) is 3. The molecule has 0 aromatic rings. The van der Waals surface area contributed by atoms with Crippen LogP contribution in [0, 0.1) is 0 Å². The van der Waals surface area contributed by atoms with Gasteiger partial charge < -0.3 is 4.90 Å². The summed E-state index contributed by atoms with van der Waals surface area (Å²) in [4.78, 5) is 23.6. The summed E-state index contributed by atoms with van der Waals surface area (Å²) >= 11 is 0. The minimum absolute atomic E-state index is 0.145. The molecule has 5 heteroatoms. The average molecular weight is 261 g/mol. The number of halogens is 2. The van der Waals surface area contributed by atoms with Gasteiger partial charge in [0.25, 0.3) is 0 Å². The molecule has 1 amide bonds. The van der Waals surface area contributed by atoms with Gasteiger partial charge in [0, 0.05) is 26.6 Å². The number of allylic oxidation sites excluding steroid dienone is 1. The van der Waals surface area contributed by atoms with Crippen LogP contribution in [0.2, 0.25) is 0 Å². The second kappa shape index (κ2) is 7.95. The third-order valence-electron chi connectivity index (χ3n) is 2.51. The molecule has 0 aliphatic carbocycles. The van der Waals surface area contributed by atoms with Crippen LogP contribution in [0.25, 0.3) is 0 Å². The molecular formula is C13H21F2NO2. The monoisotopic (exact) mass is 261 g/mol. The van der Waals surface area contributed by atoms with E-state index in [1.165, 1.54) is 14.1 Å². The number of likely N-dealkylation sites (N-methyl/N-ethyl adjacent to an activating group) is 1. The van der Waals surface area contributed by atoms with E-state index in [1.807, 2.05) is 6.92 Å². The zero-order chi connectivity index (χ0) is 14.2. The third kappa shape index (κ3) is 6.47. The second-order valence-corrected chi connectivity index (χ2v) is 4.42. The molecule has 0 spiro atoms. The molecule has 0 N–H and O–H groups in total. The molecule has 0 aliphatic heterocycles. The van der Waals surface area contributed by atoms with Gasteiger partial charge in [0.2, 0.25) is 11.7 Å². The summed E-state index contributed by atoms with van der Waals surface area (Å²) in [6.45, 7) is 2.01. The molecule has 0 radical (unpaired) electrons. The van der Waals surface area contributed by atoms with Gasteiger partial charge in [0.05, 0.1) is 0 Å². The number of alkyl halides is 2. The lowest BCUT2D eigenvalue weighted by Gasteiger charge is -2.11. The first-order chi connectivity index (χ1) is 8.31. The maximum absolute atomic E-state index is 13.3. The van der Waals surface area contributed by atoms with Crippen LogP contribution >= 0.6 is 0 Å². The van der Waals surface area contributed by atoms with Crippen molar-refractivity contribution in [1.82, 2.24) is 4.90 Å². The zero-order valence-electron chi connectivity index (χ0n) is 11.2. The highest BCUT2D eigenvalue weighted by Crippen LogP contribution is 2.20. The van der Waals surface area contributed by atoms with Crippen molar-refractivity contribution in [3.8, 4) is 0 Å². The van der Waals surface area contributed by atoms with Gasteiger partial charge in [0.1, 0.15) is 0 Å². The summed E-state index contributed by atoms with van der Waals surface area (Å²) < 4.78 is 26.7. The van der Waals surface area contributed by atoms with Crippen LogP contribution < -0.4 is 0 Å². The van der Waals surface area contributed by atoms with E-state index < -0.39 is 17.6 Å². The molecule has 3 nitrogen and oxygen atoms in total. The maximum Gasteiger partial charge on any atom is 0.324 e. The molecule has 0 atom stereocenters. The Morgan fingerprint density at radius 2 is 1.78 bits per heavy atom. The number of carbonyl (C=O) groups is 2. The standard InChI is InChI=1S/C13H21F2NO2/c1-4-5-6-7-8-11(17)13(14,15)10-9-12(18)16(2)3/h9-10H,4-8H2,1-3H3/b10-9+. The van der Waals surface area contributed by atoms with E-state index in [1.54, 1.807) is 0 Å². The van der Waals surface area contributed by atoms with E-state index in [0.29, 0.717) is 12.5 Å². The lowest BCUT2D eigenvalue weighted by molar-refractivity contribution is -0.137. The molecule has 104 valence electrons. The number of carbonyl (C=O) groups excluding carboxylic acids is 2. The summed E-state index contributed by atoms with van der Waals surface area (Å²) in [6.07, 6.45) is 4.15. The topological polar surface area (TPSA) is 37.4 Å². The minimum Gasteiger partial charge on any atom is -0.345 e. The summed E-state index contributed by atoms with van der Waals surface area (Å²) in [5.41, 5.74) is 0. The molecule has 0 aliphatic rings. The lowest BCUT2D eigenvalue weighted by atomic mass is 10.1. The van der Waals surface area contributed by atoms with Crippen molar-refractivity contribution < 1.29 is 18.4 Å². The van der Waals surface area contributed by atoms with Gasteiger partial charge in [-0.1, -0.05) is 26.2 Å². The fourth-order valence-electron chi connectivity index (χ4n) is 1.30. The van der Waals surface area contributed by atoms with E-state index in [2.05, 4.69) is 0 Å². The molecule has 0 unspecified atom stereocenters. The number of hydrogen-bond donors (Lipinski definition) is 0. The molecule has 0 saturated heterocycles. The van der Waals surface area contributed by atoms with Gasteiger partial charge in [-0.3, -0.25) is 9.59 Å². The normalized spacial score (nSPS) is 11.8. The Labute approximate surface area is 107 Å². The number of Topliss-reactive ketones (excluding diaryl/α,β-unsaturated/α-hetero) is 1. The van der Waals surface area contributed by atoms with Gasteiger partial charge in [-0.05, 0) is 12.5 Å². The predicted molar refractivity (Wildman–Crippen MR) is 66.5 cm³/mol. The van der Waals surface area contributed by atoms with Gasteiger partial charge in [-0.2, -0.15) is 8.78 Å². The number of rotatable bonds is 8. The molecule has 0 aromatic heterocycles. The fraction of sp³-hybridized carbons (Fsp3) is 0.692. The van der Waals surface area contributed by atoms with Crippen molar-refractivity contribution in [3.05, 3.63) is 12.2 Å². The van der Waals surface area contributed by atoms with Crippen molar-refractivity contribution in [2.45, 2.75) is 45.0 Å². The number of nitrogens with zero attached hydrogens (tertiary/aromatic N) is 1. The SMILES string of the molecule is CCCCCCC(=O)C(F)(F)/C=C/C(=O)N(C)C. The molecule has 0 fully saturated rings. The molecule has 0 saturated carbocycles. The minimum atomic E-state index is -3.54. The fourth-order valence-corrected chi connectivity index (χ4v) is 1.30. The van der Waals surface area contributed by atoms with Crippen LogP contribution in [-0.4, -0.2) is 36.6 Å². The van der Waals surface area contributed by atoms with Gasteiger partial charge in [-0.25, -0.2) is 0 Å². The van der Waals surface area contributed by atoms with Crippen molar-refractivity contribution in [2.24, 2.45) is 0 Å². The Hall–Kier alpha value is -1.26. The molecule has 0 heterocycles. The largest absolute Gasteiger partial charge is 0.345 e.